The van der Waals surface area contributed by atoms with Gasteiger partial charge in [0.05, 0.1) is 11.5 Å². The molecule has 0 bridgehead atoms. The van der Waals surface area contributed by atoms with Gasteiger partial charge in [-0.25, -0.2) is 19.2 Å². The fraction of sp³-hybridized carbons (Fsp3) is 0.471. The monoisotopic (exact) mass is 751 g/mol. The van der Waals surface area contributed by atoms with E-state index in [9.17, 15) is 29.3 Å². The summed E-state index contributed by atoms with van der Waals surface area (Å²) in [4.78, 5) is 63.1. The molecule has 0 saturated carbocycles. The van der Waals surface area contributed by atoms with Crippen LogP contribution in [-0.4, -0.2) is 94.8 Å². The van der Waals surface area contributed by atoms with Crippen LogP contribution in [0.4, 0.5) is 20.1 Å². The van der Waals surface area contributed by atoms with E-state index in [1.54, 1.807) is 0 Å². The molecule has 0 spiro atoms. The van der Waals surface area contributed by atoms with Crippen LogP contribution in [0.15, 0.2) is 68.8 Å². The molecule has 1 fully saturated rings. The Morgan fingerprint density at radius 1 is 0.808 bits per heavy atom. The van der Waals surface area contributed by atoms with Gasteiger partial charge in [-0.15, -0.1) is 0 Å². The Bertz CT molecular complexity index is 1470. The van der Waals surface area contributed by atoms with Crippen molar-refractivity contribution >= 4 is 38.4 Å². The van der Waals surface area contributed by atoms with Crippen molar-refractivity contribution in [3.63, 3.8) is 0 Å². The fourth-order valence-corrected chi connectivity index (χ4v) is 4.98. The summed E-state index contributed by atoms with van der Waals surface area (Å²) in [5.74, 6) is -1.61. The average Bonchev–Trinajstić information content (AvgIpc) is 3.08. The number of nitro benzene ring substituents is 1. The smallest absolute Gasteiger partial charge is 0.459 e. The number of rotatable bonds is 18. The highest BCUT2D eigenvalue weighted by Crippen LogP contribution is 2.39. The molecule has 0 amide bonds. The molecule has 52 heavy (non-hydrogen) atoms. The first kappa shape index (κ1) is 43.0. The van der Waals surface area contributed by atoms with Gasteiger partial charge in [0.1, 0.15) is 26.4 Å². The zero-order chi connectivity index (χ0) is 39.1. The van der Waals surface area contributed by atoms with Crippen LogP contribution in [0.2, 0.25) is 18.1 Å². The molecule has 1 saturated heterocycles. The second-order valence-corrected chi connectivity index (χ2v) is 17.2. The molecular weight excluding hydrogens is 706 g/mol. The lowest BCUT2D eigenvalue weighted by molar-refractivity contribution is -0.387. The average molecular weight is 752 g/mol. The molecule has 1 aromatic rings. The largest absolute Gasteiger partial charge is 0.509 e. The summed E-state index contributed by atoms with van der Waals surface area (Å²) >= 11 is 0. The first-order valence-electron chi connectivity index (χ1n) is 15.8. The SMILES string of the molecule is C=CCOC(=O)O[C@@H]1[C@@H](OC(=O)OCC=C)[C@H](Oc2ccc(CO[Si](C)(C)C(C)(C)C)cc2[N+](=O)[O-])O[C@H](C(=O)OCC=C)[C@H]1OC(=O)OCC=C. The van der Waals surface area contributed by atoms with Crippen molar-refractivity contribution in [2.45, 2.75) is 76.2 Å². The third-order valence-corrected chi connectivity index (χ3v) is 12.1. The molecular formula is C34H45NO16Si. The molecule has 1 heterocycles. The van der Waals surface area contributed by atoms with Gasteiger partial charge in [0.25, 0.3) is 0 Å². The van der Waals surface area contributed by atoms with Gasteiger partial charge >= 0.3 is 30.1 Å². The van der Waals surface area contributed by atoms with E-state index in [1.807, 2.05) is 33.9 Å². The maximum Gasteiger partial charge on any atom is 0.509 e. The van der Waals surface area contributed by atoms with Crippen LogP contribution in [0.5, 0.6) is 5.75 Å². The topological polar surface area (TPSA) is 204 Å². The van der Waals surface area contributed by atoms with E-state index in [1.165, 1.54) is 42.5 Å². The standard InChI is InChI=1S/C34H45NO16Si/c1-10-16-42-29(36)27-25(49-31(37)43-17-11-2)26(50-32(38)44-18-12-3)28(51-33(39)45-19-13-4)30(48-27)47-24-15-14-22(20-23(24)35(40)41)21-46-52(8,9)34(5,6)7/h10-15,20,25-28,30H,1-4,16-19,21H2,5-9H3/t25-,26-,27-,28+,30+/m0/s1. The van der Waals surface area contributed by atoms with E-state index < -0.39 is 79.8 Å². The third-order valence-electron chi connectivity index (χ3n) is 7.59. The molecule has 5 atom stereocenters. The molecule has 0 aliphatic carbocycles. The normalized spacial score (nSPS) is 19.8. The number of carbonyl (C=O) groups excluding carboxylic acids is 4. The second kappa shape index (κ2) is 20.0. The molecule has 0 unspecified atom stereocenters. The summed E-state index contributed by atoms with van der Waals surface area (Å²) in [6.45, 7) is 22.7. The van der Waals surface area contributed by atoms with Gasteiger partial charge < -0.3 is 47.1 Å². The molecule has 2 rings (SSSR count). The minimum absolute atomic E-state index is 0.0549. The third kappa shape index (κ3) is 12.5. The molecule has 17 nitrogen and oxygen atoms in total. The summed E-state index contributed by atoms with van der Waals surface area (Å²) < 4.78 is 54.0. The van der Waals surface area contributed by atoms with Gasteiger partial charge in [-0.3, -0.25) is 10.1 Å². The van der Waals surface area contributed by atoms with Crippen LogP contribution in [0, 0.1) is 10.1 Å². The number of ether oxygens (including phenoxy) is 9. The Morgan fingerprint density at radius 3 is 1.77 bits per heavy atom. The lowest BCUT2D eigenvalue weighted by Crippen LogP contribution is -2.64. The van der Waals surface area contributed by atoms with E-state index in [4.69, 9.17) is 47.1 Å². The summed E-state index contributed by atoms with van der Waals surface area (Å²) in [6, 6.07) is 3.97. The number of nitrogens with zero attached hydrogens (tertiary/aromatic N) is 1. The first-order valence-corrected chi connectivity index (χ1v) is 18.7. The highest BCUT2D eigenvalue weighted by atomic mass is 28.4. The van der Waals surface area contributed by atoms with Crippen molar-refractivity contribution in [1.82, 2.24) is 0 Å². The van der Waals surface area contributed by atoms with Crippen LogP contribution in [0.3, 0.4) is 0 Å². The lowest BCUT2D eigenvalue weighted by Gasteiger charge is -2.42. The van der Waals surface area contributed by atoms with Gasteiger partial charge in [0.15, 0.2) is 32.4 Å². The first-order chi connectivity index (χ1) is 24.5. The molecule has 0 aromatic heterocycles. The zero-order valence-electron chi connectivity index (χ0n) is 29.8. The van der Waals surface area contributed by atoms with Crippen molar-refractivity contribution in [3.8, 4) is 5.75 Å². The summed E-state index contributed by atoms with van der Waals surface area (Å²) in [6.07, 6.45) is -9.18. The quantitative estimate of drug-likeness (QED) is 0.0417. The molecule has 0 N–H and O–H groups in total. The summed E-state index contributed by atoms with van der Waals surface area (Å²) in [5, 5.41) is 12.2. The predicted molar refractivity (Wildman–Crippen MR) is 185 cm³/mol. The molecule has 286 valence electrons. The number of benzene rings is 1. The van der Waals surface area contributed by atoms with Gasteiger partial charge in [-0.05, 0) is 29.8 Å². The zero-order valence-corrected chi connectivity index (χ0v) is 30.8. The highest BCUT2D eigenvalue weighted by molar-refractivity contribution is 6.74. The number of hydrogen-bond acceptors (Lipinski definition) is 16. The Hall–Kier alpha value is -5.20. The van der Waals surface area contributed by atoms with Gasteiger partial charge in [0, 0.05) is 6.07 Å². The van der Waals surface area contributed by atoms with Crippen LogP contribution < -0.4 is 4.74 Å². The van der Waals surface area contributed by atoms with Crippen LogP contribution in [-0.2, 0) is 53.7 Å². The Balaban J connectivity index is 2.70. The molecule has 18 heteroatoms. The molecule has 0 radical (unpaired) electrons. The second-order valence-electron chi connectivity index (χ2n) is 12.4. The van der Waals surface area contributed by atoms with Crippen molar-refractivity contribution in [2.24, 2.45) is 0 Å². The van der Waals surface area contributed by atoms with Crippen molar-refractivity contribution < 1.29 is 71.2 Å². The summed E-state index contributed by atoms with van der Waals surface area (Å²) in [5.41, 5.74) is -0.120. The van der Waals surface area contributed by atoms with Crippen LogP contribution in [0.25, 0.3) is 0 Å². The number of nitro groups is 1. The van der Waals surface area contributed by atoms with E-state index in [0.29, 0.717) is 5.56 Å². The fourth-order valence-electron chi connectivity index (χ4n) is 4.02. The number of carbonyl (C=O) groups is 4. The van der Waals surface area contributed by atoms with Crippen LogP contribution in [0.1, 0.15) is 26.3 Å². The van der Waals surface area contributed by atoms with Gasteiger partial charge in [-0.1, -0.05) is 77.5 Å². The van der Waals surface area contributed by atoms with E-state index in [0.717, 1.165) is 0 Å². The maximum atomic E-state index is 13.3. The number of hydrogen-bond donors (Lipinski definition) is 0. The van der Waals surface area contributed by atoms with Gasteiger partial charge in [-0.2, -0.15) is 0 Å². The minimum atomic E-state index is -2.24. The van der Waals surface area contributed by atoms with Crippen molar-refractivity contribution in [1.29, 1.82) is 0 Å². The Morgan fingerprint density at radius 2 is 1.29 bits per heavy atom. The Kier molecular flexibility index (Phi) is 16.5. The Labute approximate surface area is 302 Å². The van der Waals surface area contributed by atoms with Crippen molar-refractivity contribution in [3.05, 3.63) is 84.5 Å². The van der Waals surface area contributed by atoms with Crippen LogP contribution >= 0.6 is 0 Å². The van der Waals surface area contributed by atoms with E-state index in [-0.39, 0.29) is 38.1 Å². The summed E-state index contributed by atoms with van der Waals surface area (Å²) in [7, 11) is -2.24. The predicted octanol–water partition coefficient (Wildman–Crippen LogP) is 6.07. The van der Waals surface area contributed by atoms with E-state index in [2.05, 4.69) is 26.3 Å². The lowest BCUT2D eigenvalue weighted by atomic mass is 9.98. The van der Waals surface area contributed by atoms with Crippen molar-refractivity contribution in [2.75, 3.05) is 26.4 Å². The molecule has 1 aliphatic heterocycles. The van der Waals surface area contributed by atoms with E-state index >= 15 is 0 Å². The number of esters is 1. The van der Waals surface area contributed by atoms with Gasteiger partial charge in [0.2, 0.25) is 12.4 Å². The molecule has 1 aromatic carbocycles. The maximum absolute atomic E-state index is 13.3. The highest BCUT2D eigenvalue weighted by Gasteiger charge is 2.57. The minimum Gasteiger partial charge on any atom is -0.459 e. The molecule has 1 aliphatic rings.